The average Bonchev–Trinajstić information content (AvgIpc) is 2.52. The van der Waals surface area contributed by atoms with E-state index in [1.165, 1.54) is 16.7 Å². The normalized spacial score (nSPS) is 17.7. The van der Waals surface area contributed by atoms with Crippen molar-refractivity contribution < 1.29 is 18.0 Å². The van der Waals surface area contributed by atoms with Crippen molar-refractivity contribution in [2.24, 2.45) is 0 Å². The molecule has 0 fully saturated rings. The number of nitrogens with one attached hydrogen (secondary N) is 1. The first-order chi connectivity index (χ1) is 10.9. The second-order valence-corrected chi connectivity index (χ2v) is 6.27. The van der Waals surface area contributed by atoms with Crippen molar-refractivity contribution in [1.82, 2.24) is 5.32 Å². The lowest BCUT2D eigenvalue weighted by Gasteiger charge is -2.26. The maximum atomic E-state index is 12.2. The number of aryl methyl sites for hydroxylation is 2. The van der Waals surface area contributed by atoms with Crippen LogP contribution in [0.15, 0.2) is 18.2 Å². The molecule has 1 aromatic carbocycles. The summed E-state index contributed by atoms with van der Waals surface area (Å²) >= 11 is 0. The van der Waals surface area contributed by atoms with Gasteiger partial charge in [0.2, 0.25) is 0 Å². The van der Waals surface area contributed by atoms with Gasteiger partial charge in [-0.1, -0.05) is 31.5 Å². The van der Waals surface area contributed by atoms with Crippen LogP contribution in [0.5, 0.6) is 0 Å². The van der Waals surface area contributed by atoms with Gasteiger partial charge >= 0.3 is 12.1 Å². The molecule has 0 heterocycles. The van der Waals surface area contributed by atoms with Crippen LogP contribution in [0.25, 0.3) is 0 Å². The van der Waals surface area contributed by atoms with Gasteiger partial charge in [-0.3, -0.25) is 4.79 Å². The summed E-state index contributed by atoms with van der Waals surface area (Å²) in [5.74, 6) is -1.60. The third-order valence-electron chi connectivity index (χ3n) is 4.50. The van der Waals surface area contributed by atoms with Gasteiger partial charge in [0.1, 0.15) is 0 Å². The predicted octanol–water partition coefficient (Wildman–Crippen LogP) is 4.52. The Kier molecular flexibility index (Phi) is 6.08. The number of alkyl halides is 3. The maximum absolute atomic E-state index is 12.2. The standard InChI is InChI=1S/C18H24F3NO/c1-2-3-5-13-8-9-14-6-4-7-15(16(14)12-13)10-11-22-17(23)18(19,20)21/h8-9,12,15H,2-7,10-11H2,1H3,(H,22,23). The number of carbonyl (C=O) groups is 1. The molecule has 2 nitrogen and oxygen atoms in total. The summed E-state index contributed by atoms with van der Waals surface area (Å²) in [5, 5.41) is 1.99. The lowest BCUT2D eigenvalue weighted by molar-refractivity contribution is -0.173. The average molecular weight is 327 g/mol. The third kappa shape index (κ3) is 4.98. The van der Waals surface area contributed by atoms with Crippen LogP contribution >= 0.6 is 0 Å². The van der Waals surface area contributed by atoms with E-state index in [0.717, 1.165) is 38.5 Å². The molecule has 0 bridgehead atoms. The van der Waals surface area contributed by atoms with Crippen LogP contribution in [0.3, 0.4) is 0 Å². The minimum Gasteiger partial charge on any atom is -0.348 e. The molecular weight excluding hydrogens is 303 g/mol. The molecule has 1 atom stereocenters. The van der Waals surface area contributed by atoms with E-state index in [9.17, 15) is 18.0 Å². The molecule has 0 radical (unpaired) electrons. The maximum Gasteiger partial charge on any atom is 0.471 e. The van der Waals surface area contributed by atoms with Crippen molar-refractivity contribution in [2.45, 2.75) is 64.0 Å². The second-order valence-electron chi connectivity index (χ2n) is 6.27. The Morgan fingerprint density at radius 3 is 2.83 bits per heavy atom. The van der Waals surface area contributed by atoms with Crippen LogP contribution in [0.1, 0.15) is 61.6 Å². The molecule has 1 aliphatic carbocycles. The minimum atomic E-state index is -4.79. The number of benzene rings is 1. The van der Waals surface area contributed by atoms with Crippen molar-refractivity contribution in [3.8, 4) is 0 Å². The molecule has 1 amide bonds. The Morgan fingerprint density at radius 1 is 1.35 bits per heavy atom. The number of amides is 1. The van der Waals surface area contributed by atoms with Gasteiger partial charge in [-0.15, -0.1) is 0 Å². The Morgan fingerprint density at radius 2 is 2.13 bits per heavy atom. The van der Waals surface area contributed by atoms with Crippen LogP contribution in [-0.2, 0) is 17.6 Å². The topological polar surface area (TPSA) is 29.1 Å². The van der Waals surface area contributed by atoms with E-state index >= 15 is 0 Å². The number of hydrogen-bond donors (Lipinski definition) is 1. The van der Waals surface area contributed by atoms with Crippen LogP contribution < -0.4 is 5.32 Å². The van der Waals surface area contributed by atoms with Gasteiger partial charge in [-0.25, -0.2) is 0 Å². The van der Waals surface area contributed by atoms with E-state index in [4.69, 9.17) is 0 Å². The first kappa shape index (κ1) is 17.8. The summed E-state index contributed by atoms with van der Waals surface area (Å²) in [4.78, 5) is 10.9. The fraction of sp³-hybridized carbons (Fsp3) is 0.611. The molecular formula is C18H24F3NO. The number of rotatable bonds is 6. The van der Waals surface area contributed by atoms with Gasteiger partial charge in [0.05, 0.1) is 0 Å². The summed E-state index contributed by atoms with van der Waals surface area (Å²) in [5.41, 5.74) is 3.88. The van der Waals surface area contributed by atoms with Gasteiger partial charge in [0.15, 0.2) is 0 Å². The monoisotopic (exact) mass is 327 g/mol. The largest absolute Gasteiger partial charge is 0.471 e. The molecule has 128 valence electrons. The van der Waals surface area contributed by atoms with Crippen molar-refractivity contribution in [3.05, 3.63) is 34.9 Å². The number of fused-ring (bicyclic) bond motifs is 1. The molecule has 1 aliphatic rings. The third-order valence-corrected chi connectivity index (χ3v) is 4.50. The predicted molar refractivity (Wildman–Crippen MR) is 84.4 cm³/mol. The van der Waals surface area contributed by atoms with Crippen LogP contribution in [0, 0.1) is 0 Å². The highest BCUT2D eigenvalue weighted by Gasteiger charge is 2.38. The highest BCUT2D eigenvalue weighted by Crippen LogP contribution is 2.34. The van der Waals surface area contributed by atoms with Crippen molar-refractivity contribution in [2.75, 3.05) is 6.54 Å². The summed E-state index contributed by atoms with van der Waals surface area (Å²) in [6.45, 7) is 2.23. The minimum absolute atomic E-state index is 0.0711. The van der Waals surface area contributed by atoms with Gasteiger partial charge in [0.25, 0.3) is 0 Å². The van der Waals surface area contributed by atoms with Crippen LogP contribution in [0.4, 0.5) is 13.2 Å². The molecule has 0 spiro atoms. The molecule has 5 heteroatoms. The van der Waals surface area contributed by atoms with E-state index in [2.05, 4.69) is 25.1 Å². The first-order valence-corrected chi connectivity index (χ1v) is 8.38. The molecule has 1 N–H and O–H groups in total. The summed E-state index contributed by atoms with van der Waals surface area (Å²) in [6, 6.07) is 6.56. The lowest BCUT2D eigenvalue weighted by Crippen LogP contribution is -2.37. The Balaban J connectivity index is 1.98. The summed E-state index contributed by atoms with van der Waals surface area (Å²) in [6.07, 6.45) is 2.17. The molecule has 2 rings (SSSR count). The van der Waals surface area contributed by atoms with Gasteiger partial charge in [0, 0.05) is 6.54 Å². The Hall–Kier alpha value is -1.52. The zero-order valence-electron chi connectivity index (χ0n) is 13.5. The van der Waals surface area contributed by atoms with Gasteiger partial charge < -0.3 is 5.32 Å². The highest BCUT2D eigenvalue weighted by molar-refractivity contribution is 5.81. The van der Waals surface area contributed by atoms with Crippen LogP contribution in [0.2, 0.25) is 0 Å². The van der Waals surface area contributed by atoms with Gasteiger partial charge in [-0.2, -0.15) is 13.2 Å². The molecule has 0 saturated carbocycles. The molecule has 23 heavy (non-hydrogen) atoms. The Labute approximate surface area is 135 Å². The van der Waals surface area contributed by atoms with Gasteiger partial charge in [-0.05, 0) is 61.1 Å². The zero-order valence-corrected chi connectivity index (χ0v) is 13.5. The number of carbonyl (C=O) groups excluding carboxylic acids is 1. The second kappa shape index (κ2) is 7.84. The molecule has 1 unspecified atom stereocenters. The zero-order chi connectivity index (χ0) is 16.9. The van der Waals surface area contributed by atoms with Crippen LogP contribution in [-0.4, -0.2) is 18.6 Å². The SMILES string of the molecule is CCCCc1ccc2c(c1)C(CCNC(=O)C(F)(F)F)CCC2. The first-order valence-electron chi connectivity index (χ1n) is 8.38. The van der Waals surface area contributed by atoms with E-state index < -0.39 is 12.1 Å². The quantitative estimate of drug-likeness (QED) is 0.818. The molecule has 1 aromatic rings. The fourth-order valence-electron chi connectivity index (χ4n) is 3.24. The molecule has 0 aliphatic heterocycles. The van der Waals surface area contributed by atoms with E-state index in [-0.39, 0.29) is 12.5 Å². The van der Waals surface area contributed by atoms with E-state index in [1.807, 2.05) is 5.32 Å². The number of hydrogen-bond acceptors (Lipinski definition) is 1. The van der Waals surface area contributed by atoms with E-state index in [0.29, 0.717) is 6.42 Å². The molecule has 0 aromatic heterocycles. The van der Waals surface area contributed by atoms with Crippen molar-refractivity contribution in [3.63, 3.8) is 0 Å². The highest BCUT2D eigenvalue weighted by atomic mass is 19.4. The Bertz CT molecular complexity index is 540. The summed E-state index contributed by atoms with van der Waals surface area (Å²) < 4.78 is 36.6. The van der Waals surface area contributed by atoms with Crippen molar-refractivity contribution in [1.29, 1.82) is 0 Å². The smallest absolute Gasteiger partial charge is 0.348 e. The summed E-state index contributed by atoms with van der Waals surface area (Å²) in [7, 11) is 0. The number of unbranched alkanes of at least 4 members (excludes halogenated alkanes) is 1. The van der Waals surface area contributed by atoms with Crippen molar-refractivity contribution >= 4 is 5.91 Å². The lowest BCUT2D eigenvalue weighted by atomic mass is 9.80. The fourth-order valence-corrected chi connectivity index (χ4v) is 3.24. The number of halogens is 3. The van der Waals surface area contributed by atoms with E-state index in [1.54, 1.807) is 0 Å². The molecule has 0 saturated heterocycles.